The number of nitrogens with one attached hydrogen (secondary N) is 2. The number of hydrogen-bond acceptors (Lipinski definition) is 10. The van der Waals surface area contributed by atoms with E-state index in [1.807, 2.05) is 66.1 Å². The van der Waals surface area contributed by atoms with Gasteiger partial charge < -0.3 is 20.4 Å². The molecular weight excluding hydrogens is 792 g/mol. The SMILES string of the molecule is Cc1ccc(Cl)c(C(=O)N2CC[C@@H](Nc3nc4ccc(F)cc4s3)C2)c1.Cc1nc(C(=O)N2CC[C@@H](Nc3nc4ccc(F)cc4s3)C2)c(-c2ccccc2)s1. The van der Waals surface area contributed by atoms with Crippen molar-refractivity contribution in [3.63, 3.8) is 0 Å². The number of aromatic nitrogens is 3. The molecule has 0 saturated carbocycles. The van der Waals surface area contributed by atoms with Crippen molar-refractivity contribution in [1.29, 1.82) is 0 Å². The summed E-state index contributed by atoms with van der Waals surface area (Å²) in [6, 6.07) is 24.8. The predicted molar refractivity (Wildman–Crippen MR) is 223 cm³/mol. The van der Waals surface area contributed by atoms with Gasteiger partial charge in [0.25, 0.3) is 11.8 Å². The number of thiazole rings is 3. The normalized spacial score (nSPS) is 16.7. The Kier molecular flexibility index (Phi) is 11.0. The average Bonchev–Trinajstić information content (AvgIpc) is 4.04. The highest BCUT2D eigenvalue weighted by molar-refractivity contribution is 7.22. The Morgan fingerprint density at radius 1 is 0.714 bits per heavy atom. The molecule has 2 atom stereocenters. The number of anilines is 2. The van der Waals surface area contributed by atoms with Gasteiger partial charge in [-0.05, 0) is 80.8 Å². The smallest absolute Gasteiger partial charge is 0.274 e. The fraction of sp³-hybridized carbons (Fsp3) is 0.244. The molecule has 0 spiro atoms. The van der Waals surface area contributed by atoms with Gasteiger partial charge in [0.05, 0.1) is 40.9 Å². The summed E-state index contributed by atoms with van der Waals surface area (Å²) in [5, 5.41) is 9.64. The molecule has 2 saturated heterocycles. The summed E-state index contributed by atoms with van der Waals surface area (Å²) in [6.45, 7) is 6.39. The summed E-state index contributed by atoms with van der Waals surface area (Å²) < 4.78 is 28.4. The van der Waals surface area contributed by atoms with Crippen molar-refractivity contribution in [3.8, 4) is 10.4 Å². The van der Waals surface area contributed by atoms with Crippen molar-refractivity contribution in [2.75, 3.05) is 36.8 Å². The molecule has 2 aliphatic rings. The zero-order valence-electron chi connectivity index (χ0n) is 30.4. The lowest BCUT2D eigenvalue weighted by Crippen LogP contribution is -2.32. The molecule has 3 aromatic heterocycles. The number of aryl methyl sites for hydroxylation is 2. The first-order valence-electron chi connectivity index (χ1n) is 18.1. The molecule has 0 unspecified atom stereocenters. The molecule has 4 aromatic carbocycles. The Morgan fingerprint density at radius 3 is 1.88 bits per heavy atom. The van der Waals surface area contributed by atoms with Crippen LogP contribution in [0.2, 0.25) is 5.02 Å². The van der Waals surface area contributed by atoms with Crippen LogP contribution in [-0.4, -0.2) is 74.8 Å². The quantitative estimate of drug-likeness (QED) is 0.165. The maximum atomic E-state index is 13.4. The topological polar surface area (TPSA) is 103 Å². The summed E-state index contributed by atoms with van der Waals surface area (Å²) in [5.41, 5.74) is 4.65. The van der Waals surface area contributed by atoms with Crippen LogP contribution in [0.5, 0.6) is 0 Å². The highest BCUT2D eigenvalue weighted by atomic mass is 35.5. The minimum Gasteiger partial charge on any atom is -0.357 e. The van der Waals surface area contributed by atoms with Crippen molar-refractivity contribution in [2.45, 2.75) is 38.8 Å². The van der Waals surface area contributed by atoms with Crippen molar-refractivity contribution in [1.82, 2.24) is 24.8 Å². The van der Waals surface area contributed by atoms with E-state index in [4.69, 9.17) is 11.6 Å². The summed E-state index contributed by atoms with van der Waals surface area (Å²) in [5.74, 6) is -0.605. The molecule has 9 nitrogen and oxygen atoms in total. The van der Waals surface area contributed by atoms with Gasteiger partial charge in [-0.3, -0.25) is 9.59 Å². The molecule has 2 N–H and O–H groups in total. The summed E-state index contributed by atoms with van der Waals surface area (Å²) >= 11 is 10.6. The standard InChI is InChI=1S/C22H19FN4OS2.C19H17ClFN3OS/c1-13-24-19(20(29-13)14-5-3-2-4-6-14)21(28)27-10-9-16(12-27)25-22-26-17-8-7-15(23)11-18(17)30-22;1-11-2-4-15(20)14(8-11)18(25)24-7-6-13(10-24)22-19-23-16-5-3-12(21)9-17(16)26-19/h2-8,11,16H,9-10,12H2,1H3,(H,25,26);2-5,8-9,13H,6-7,10H2,1H3,(H,22,23)/t16-;13-/m11/s1. The van der Waals surface area contributed by atoms with Gasteiger partial charge in [-0.1, -0.05) is 76.2 Å². The highest BCUT2D eigenvalue weighted by Gasteiger charge is 2.31. The van der Waals surface area contributed by atoms with Gasteiger partial charge in [-0.15, -0.1) is 11.3 Å². The maximum Gasteiger partial charge on any atom is 0.274 e. The van der Waals surface area contributed by atoms with Gasteiger partial charge in [0.15, 0.2) is 10.3 Å². The minimum absolute atomic E-state index is 0.0334. The summed E-state index contributed by atoms with van der Waals surface area (Å²) in [7, 11) is 0. The Balaban J connectivity index is 0.000000159. The average molecular weight is 828 g/mol. The van der Waals surface area contributed by atoms with Crippen LogP contribution in [0.15, 0.2) is 84.9 Å². The number of amides is 2. The zero-order valence-corrected chi connectivity index (χ0v) is 33.6. The molecule has 15 heteroatoms. The van der Waals surface area contributed by atoms with Crippen LogP contribution in [0.4, 0.5) is 19.0 Å². The number of rotatable bonds is 7. The van der Waals surface area contributed by atoms with Crippen molar-refractivity contribution < 1.29 is 18.4 Å². The van der Waals surface area contributed by atoms with Crippen LogP contribution in [0.1, 0.15) is 44.3 Å². The van der Waals surface area contributed by atoms with Crippen molar-refractivity contribution in [2.24, 2.45) is 0 Å². The first-order chi connectivity index (χ1) is 27.1. The number of hydrogen-bond donors (Lipinski definition) is 2. The molecular formula is C41H36ClF2N7O2S3. The largest absolute Gasteiger partial charge is 0.357 e. The third-order valence-electron chi connectivity index (χ3n) is 9.63. The Morgan fingerprint density at radius 2 is 1.29 bits per heavy atom. The number of benzene rings is 4. The molecule has 2 aliphatic heterocycles. The molecule has 0 aliphatic carbocycles. The van der Waals surface area contributed by atoms with Gasteiger partial charge in [0, 0.05) is 38.3 Å². The molecule has 0 radical (unpaired) electrons. The van der Waals surface area contributed by atoms with E-state index in [0.717, 1.165) is 64.5 Å². The van der Waals surface area contributed by atoms with Crippen LogP contribution in [0.25, 0.3) is 30.9 Å². The van der Waals surface area contributed by atoms with Gasteiger partial charge in [0.1, 0.15) is 17.3 Å². The second kappa shape index (κ2) is 16.2. The second-order valence-electron chi connectivity index (χ2n) is 13.8. The van der Waals surface area contributed by atoms with E-state index < -0.39 is 0 Å². The van der Waals surface area contributed by atoms with Gasteiger partial charge in [-0.25, -0.2) is 23.7 Å². The first kappa shape index (κ1) is 37.9. The number of carbonyl (C=O) groups excluding carboxylic acids is 2. The third-order valence-corrected chi connectivity index (χ3v) is 12.9. The Bertz CT molecular complexity index is 2560. The zero-order chi connectivity index (χ0) is 38.9. The molecule has 0 bridgehead atoms. The molecule has 2 fully saturated rings. The van der Waals surface area contributed by atoms with E-state index in [9.17, 15) is 18.4 Å². The number of fused-ring (bicyclic) bond motifs is 2. The van der Waals surface area contributed by atoms with E-state index in [2.05, 4.69) is 25.6 Å². The summed E-state index contributed by atoms with van der Waals surface area (Å²) in [4.78, 5) is 44.1. The molecule has 56 heavy (non-hydrogen) atoms. The van der Waals surface area contributed by atoms with Gasteiger partial charge in [0.2, 0.25) is 0 Å². The monoisotopic (exact) mass is 827 g/mol. The van der Waals surface area contributed by atoms with Crippen molar-refractivity contribution >= 4 is 88.1 Å². The summed E-state index contributed by atoms with van der Waals surface area (Å²) in [6.07, 6.45) is 1.67. The molecule has 7 aromatic rings. The van der Waals surface area contributed by atoms with E-state index in [-0.39, 0.29) is 35.5 Å². The van der Waals surface area contributed by atoms with Crippen LogP contribution in [0.3, 0.4) is 0 Å². The number of nitrogens with zero attached hydrogens (tertiary/aromatic N) is 5. The number of halogens is 3. The number of likely N-dealkylation sites (tertiary alicyclic amines) is 2. The molecule has 9 rings (SSSR count). The fourth-order valence-corrected chi connectivity index (χ4v) is 9.92. The molecule has 2 amide bonds. The third kappa shape index (κ3) is 8.38. The van der Waals surface area contributed by atoms with Gasteiger partial charge in [-0.2, -0.15) is 0 Å². The van der Waals surface area contributed by atoms with Crippen molar-refractivity contribution in [3.05, 3.63) is 123 Å². The van der Waals surface area contributed by atoms with Crippen LogP contribution < -0.4 is 10.6 Å². The minimum atomic E-state index is -0.264. The van der Waals surface area contributed by atoms with E-state index in [1.165, 1.54) is 46.9 Å². The predicted octanol–water partition coefficient (Wildman–Crippen LogP) is 9.92. The second-order valence-corrected chi connectivity index (χ2v) is 17.5. The van der Waals surface area contributed by atoms with E-state index in [0.29, 0.717) is 42.5 Å². The van der Waals surface area contributed by atoms with Crippen LogP contribution in [0, 0.1) is 25.5 Å². The maximum absolute atomic E-state index is 13.4. The van der Waals surface area contributed by atoms with Crippen LogP contribution in [-0.2, 0) is 0 Å². The van der Waals surface area contributed by atoms with Crippen LogP contribution >= 0.6 is 45.6 Å². The first-order valence-corrected chi connectivity index (χ1v) is 20.9. The lowest BCUT2D eigenvalue weighted by molar-refractivity contribution is 0.0781. The lowest BCUT2D eigenvalue weighted by atomic mass is 10.1. The molecule has 5 heterocycles. The molecule has 286 valence electrons. The Hall–Kier alpha value is -5.02. The van der Waals surface area contributed by atoms with E-state index >= 15 is 0 Å². The van der Waals surface area contributed by atoms with Gasteiger partial charge >= 0.3 is 0 Å². The fourth-order valence-electron chi connectivity index (χ4n) is 6.88. The highest BCUT2D eigenvalue weighted by Crippen LogP contribution is 2.33. The number of carbonyl (C=O) groups is 2. The lowest BCUT2D eigenvalue weighted by Gasteiger charge is -2.18. The Labute approximate surface area is 339 Å². The van der Waals surface area contributed by atoms with E-state index in [1.54, 1.807) is 29.5 Å².